The third kappa shape index (κ3) is 4.81. The number of carbonyl (C=O) groups is 2. The SMILES string of the molecule is Cc1ccc(C)c(C(=O)NNC(=O)COc2ccc(F)cc2)c1. The lowest BCUT2D eigenvalue weighted by molar-refractivity contribution is -0.123. The minimum absolute atomic E-state index is 0.293. The Morgan fingerprint density at radius 2 is 1.74 bits per heavy atom. The molecule has 0 heterocycles. The average Bonchev–Trinajstić information content (AvgIpc) is 2.54. The molecule has 0 aromatic heterocycles. The lowest BCUT2D eigenvalue weighted by Crippen LogP contribution is -2.44. The molecule has 2 aromatic rings. The molecule has 0 aliphatic carbocycles. The molecule has 5 nitrogen and oxygen atoms in total. The maximum absolute atomic E-state index is 12.7. The Bertz CT molecular complexity index is 714. The minimum Gasteiger partial charge on any atom is -0.484 e. The number of hydrazine groups is 1. The van der Waals surface area contributed by atoms with Crippen LogP contribution in [0.4, 0.5) is 4.39 Å². The van der Waals surface area contributed by atoms with Crippen molar-refractivity contribution in [3.63, 3.8) is 0 Å². The van der Waals surface area contributed by atoms with Gasteiger partial charge in [-0.1, -0.05) is 17.7 Å². The first kappa shape index (κ1) is 16.5. The Labute approximate surface area is 133 Å². The van der Waals surface area contributed by atoms with E-state index in [0.717, 1.165) is 11.1 Å². The molecule has 0 bridgehead atoms. The zero-order valence-electron chi connectivity index (χ0n) is 12.9. The fraction of sp³-hybridized carbons (Fsp3) is 0.176. The zero-order chi connectivity index (χ0) is 16.8. The van der Waals surface area contributed by atoms with Crippen molar-refractivity contribution in [3.05, 3.63) is 65.0 Å². The molecule has 2 aromatic carbocycles. The molecule has 23 heavy (non-hydrogen) atoms. The van der Waals surface area contributed by atoms with E-state index in [0.29, 0.717) is 11.3 Å². The Kier molecular flexibility index (Phi) is 5.30. The molecule has 2 N–H and O–H groups in total. The van der Waals surface area contributed by atoms with Crippen LogP contribution in [0.3, 0.4) is 0 Å². The molecule has 2 amide bonds. The van der Waals surface area contributed by atoms with E-state index in [9.17, 15) is 14.0 Å². The number of hydrogen-bond donors (Lipinski definition) is 2. The van der Waals surface area contributed by atoms with Gasteiger partial charge in [0.25, 0.3) is 11.8 Å². The van der Waals surface area contributed by atoms with E-state index in [1.807, 2.05) is 26.0 Å². The zero-order valence-corrected chi connectivity index (χ0v) is 12.9. The number of aryl methyl sites for hydroxylation is 2. The second kappa shape index (κ2) is 7.40. The molecule has 0 fully saturated rings. The molecule has 0 radical (unpaired) electrons. The van der Waals surface area contributed by atoms with Crippen molar-refractivity contribution in [1.82, 2.24) is 10.9 Å². The summed E-state index contributed by atoms with van der Waals surface area (Å²) in [6.07, 6.45) is 0. The lowest BCUT2D eigenvalue weighted by Gasteiger charge is -2.10. The molecular weight excluding hydrogens is 299 g/mol. The van der Waals surface area contributed by atoms with Crippen LogP contribution in [0, 0.1) is 19.7 Å². The molecule has 0 saturated heterocycles. The van der Waals surface area contributed by atoms with E-state index in [2.05, 4.69) is 10.9 Å². The van der Waals surface area contributed by atoms with Gasteiger partial charge in [-0.05, 0) is 49.7 Å². The largest absolute Gasteiger partial charge is 0.484 e. The Hall–Kier alpha value is -2.89. The van der Waals surface area contributed by atoms with Crippen LogP contribution in [0.5, 0.6) is 5.75 Å². The predicted molar refractivity (Wildman–Crippen MR) is 83.4 cm³/mol. The first-order chi connectivity index (χ1) is 11.0. The van der Waals surface area contributed by atoms with Crippen LogP contribution >= 0.6 is 0 Å². The van der Waals surface area contributed by atoms with E-state index in [1.54, 1.807) is 6.07 Å². The molecule has 0 spiro atoms. The smallest absolute Gasteiger partial charge is 0.276 e. The summed E-state index contributed by atoms with van der Waals surface area (Å²) in [5, 5.41) is 0. The molecule has 120 valence electrons. The summed E-state index contributed by atoms with van der Waals surface area (Å²) in [6, 6.07) is 10.8. The second-order valence-corrected chi connectivity index (χ2v) is 5.06. The number of carbonyl (C=O) groups excluding carboxylic acids is 2. The highest BCUT2D eigenvalue weighted by Gasteiger charge is 2.10. The average molecular weight is 316 g/mol. The van der Waals surface area contributed by atoms with Gasteiger partial charge in [0.1, 0.15) is 11.6 Å². The van der Waals surface area contributed by atoms with Crippen LogP contribution in [0.15, 0.2) is 42.5 Å². The molecule has 0 aliphatic rings. The Balaban J connectivity index is 1.83. The van der Waals surface area contributed by atoms with Crippen LogP contribution in [-0.4, -0.2) is 18.4 Å². The number of nitrogens with one attached hydrogen (secondary N) is 2. The highest BCUT2D eigenvalue weighted by Crippen LogP contribution is 2.11. The minimum atomic E-state index is -0.520. The summed E-state index contributed by atoms with van der Waals surface area (Å²) in [4.78, 5) is 23.7. The Morgan fingerprint density at radius 3 is 2.43 bits per heavy atom. The summed E-state index contributed by atoms with van der Waals surface area (Å²) in [7, 11) is 0. The van der Waals surface area contributed by atoms with Crippen molar-refractivity contribution < 1.29 is 18.7 Å². The molecule has 2 rings (SSSR count). The normalized spacial score (nSPS) is 10.0. The van der Waals surface area contributed by atoms with Gasteiger partial charge in [-0.2, -0.15) is 0 Å². The van der Waals surface area contributed by atoms with E-state index >= 15 is 0 Å². The van der Waals surface area contributed by atoms with Crippen molar-refractivity contribution in [2.45, 2.75) is 13.8 Å². The van der Waals surface area contributed by atoms with Crippen molar-refractivity contribution in [1.29, 1.82) is 0 Å². The van der Waals surface area contributed by atoms with E-state index in [1.165, 1.54) is 24.3 Å². The maximum atomic E-state index is 12.7. The van der Waals surface area contributed by atoms with Crippen molar-refractivity contribution >= 4 is 11.8 Å². The molecule has 6 heteroatoms. The molecular formula is C17H17FN2O3. The van der Waals surface area contributed by atoms with Crippen molar-refractivity contribution in [3.8, 4) is 5.75 Å². The van der Waals surface area contributed by atoms with Crippen LogP contribution < -0.4 is 15.6 Å². The summed E-state index contributed by atoms with van der Waals surface area (Å²) < 4.78 is 17.9. The van der Waals surface area contributed by atoms with Gasteiger partial charge < -0.3 is 4.74 Å². The molecule has 0 aliphatic heterocycles. The van der Waals surface area contributed by atoms with Crippen LogP contribution in [0.25, 0.3) is 0 Å². The van der Waals surface area contributed by atoms with Crippen LogP contribution in [-0.2, 0) is 4.79 Å². The first-order valence-corrected chi connectivity index (χ1v) is 7.00. The number of rotatable bonds is 4. The first-order valence-electron chi connectivity index (χ1n) is 7.00. The van der Waals surface area contributed by atoms with Crippen LogP contribution in [0.2, 0.25) is 0 Å². The summed E-state index contributed by atoms with van der Waals surface area (Å²) in [6.45, 7) is 3.40. The molecule has 0 atom stereocenters. The fourth-order valence-corrected chi connectivity index (χ4v) is 1.89. The molecule has 0 unspecified atom stereocenters. The maximum Gasteiger partial charge on any atom is 0.276 e. The third-order valence-corrected chi connectivity index (χ3v) is 3.14. The van der Waals surface area contributed by atoms with E-state index in [4.69, 9.17) is 4.74 Å². The number of amides is 2. The number of hydrogen-bond acceptors (Lipinski definition) is 3. The van der Waals surface area contributed by atoms with Gasteiger partial charge in [-0.3, -0.25) is 20.4 Å². The lowest BCUT2D eigenvalue weighted by atomic mass is 10.1. The third-order valence-electron chi connectivity index (χ3n) is 3.14. The summed E-state index contributed by atoms with van der Waals surface area (Å²) in [5.74, 6) is -0.945. The quantitative estimate of drug-likeness (QED) is 0.851. The van der Waals surface area contributed by atoms with Gasteiger partial charge in [0, 0.05) is 5.56 Å². The van der Waals surface area contributed by atoms with Gasteiger partial charge in [0.2, 0.25) is 0 Å². The van der Waals surface area contributed by atoms with Gasteiger partial charge >= 0.3 is 0 Å². The van der Waals surface area contributed by atoms with E-state index in [-0.39, 0.29) is 12.4 Å². The predicted octanol–water partition coefficient (Wildman–Crippen LogP) is 2.28. The summed E-state index contributed by atoms with van der Waals surface area (Å²) in [5.41, 5.74) is 6.86. The summed E-state index contributed by atoms with van der Waals surface area (Å²) >= 11 is 0. The molecule has 0 saturated carbocycles. The highest BCUT2D eigenvalue weighted by atomic mass is 19.1. The standard InChI is InChI=1S/C17H17FN2O3/c1-11-3-4-12(2)15(9-11)17(22)20-19-16(21)10-23-14-7-5-13(18)6-8-14/h3-9H,10H2,1-2H3,(H,19,21)(H,20,22). The van der Waals surface area contributed by atoms with E-state index < -0.39 is 11.8 Å². The van der Waals surface area contributed by atoms with Gasteiger partial charge in [0.05, 0.1) is 0 Å². The Morgan fingerprint density at radius 1 is 1.04 bits per heavy atom. The van der Waals surface area contributed by atoms with Gasteiger partial charge in [0.15, 0.2) is 6.61 Å². The van der Waals surface area contributed by atoms with Gasteiger partial charge in [-0.25, -0.2) is 4.39 Å². The second-order valence-electron chi connectivity index (χ2n) is 5.06. The fourth-order valence-electron chi connectivity index (χ4n) is 1.89. The van der Waals surface area contributed by atoms with Crippen molar-refractivity contribution in [2.75, 3.05) is 6.61 Å². The van der Waals surface area contributed by atoms with Crippen LogP contribution in [0.1, 0.15) is 21.5 Å². The number of benzene rings is 2. The topological polar surface area (TPSA) is 67.4 Å². The van der Waals surface area contributed by atoms with Crippen molar-refractivity contribution in [2.24, 2.45) is 0 Å². The number of halogens is 1. The highest BCUT2D eigenvalue weighted by molar-refractivity contribution is 5.96. The monoisotopic (exact) mass is 316 g/mol. The van der Waals surface area contributed by atoms with Gasteiger partial charge in [-0.15, -0.1) is 0 Å². The number of ether oxygens (including phenoxy) is 1.